The highest BCUT2D eigenvalue weighted by atomic mass is 15.3. The third-order valence-corrected chi connectivity index (χ3v) is 3.31. The van der Waals surface area contributed by atoms with Gasteiger partial charge < -0.3 is 5.32 Å². The monoisotopic (exact) mass is 258 g/mol. The van der Waals surface area contributed by atoms with Crippen molar-refractivity contribution in [1.29, 1.82) is 0 Å². The topological polar surface area (TPSA) is 42.7 Å². The molecule has 0 fully saturated rings. The highest BCUT2D eigenvalue weighted by Gasteiger charge is 2.17. The maximum atomic E-state index is 4.55. The fourth-order valence-electron chi connectivity index (χ4n) is 2.35. The average Bonchev–Trinajstić information content (AvgIpc) is 2.89. The van der Waals surface area contributed by atoms with Crippen LogP contribution in [0.3, 0.4) is 0 Å². The van der Waals surface area contributed by atoms with Crippen LogP contribution in [0.4, 0.5) is 0 Å². The summed E-state index contributed by atoms with van der Waals surface area (Å²) in [6, 6.07) is 4.25. The maximum absolute atomic E-state index is 4.55. The molecular weight excluding hydrogens is 236 g/mol. The molecule has 4 nitrogen and oxygen atoms in total. The Balaban J connectivity index is 2.32. The molecule has 0 bridgehead atoms. The van der Waals surface area contributed by atoms with Crippen LogP contribution in [-0.4, -0.2) is 21.8 Å². The molecule has 0 radical (unpaired) electrons. The van der Waals surface area contributed by atoms with Gasteiger partial charge in [-0.15, -0.1) is 0 Å². The standard InChI is InChI=1S/C15H22N4/c1-4-9-19-11-13(10-18-19)14(16-3)15-12(5-2)7-6-8-17-15/h6-8,10-11,14,16H,4-5,9H2,1-3H3. The van der Waals surface area contributed by atoms with E-state index in [9.17, 15) is 0 Å². The fraction of sp³-hybridized carbons (Fsp3) is 0.467. The van der Waals surface area contributed by atoms with E-state index in [1.165, 1.54) is 11.1 Å². The highest BCUT2D eigenvalue weighted by molar-refractivity contribution is 5.30. The first-order chi connectivity index (χ1) is 9.30. The molecule has 0 aliphatic heterocycles. The van der Waals surface area contributed by atoms with Crippen LogP contribution in [0.2, 0.25) is 0 Å². The van der Waals surface area contributed by atoms with Crippen molar-refractivity contribution in [2.75, 3.05) is 7.05 Å². The van der Waals surface area contributed by atoms with E-state index in [4.69, 9.17) is 0 Å². The Bertz CT molecular complexity index is 518. The summed E-state index contributed by atoms with van der Waals surface area (Å²) < 4.78 is 1.99. The van der Waals surface area contributed by atoms with E-state index in [0.717, 1.165) is 25.1 Å². The van der Waals surface area contributed by atoms with Crippen molar-refractivity contribution >= 4 is 0 Å². The van der Waals surface area contributed by atoms with Gasteiger partial charge in [0.25, 0.3) is 0 Å². The van der Waals surface area contributed by atoms with Gasteiger partial charge in [-0.1, -0.05) is 19.9 Å². The molecule has 0 aromatic carbocycles. The number of hydrogen-bond acceptors (Lipinski definition) is 3. The fourth-order valence-corrected chi connectivity index (χ4v) is 2.35. The molecule has 4 heteroatoms. The quantitative estimate of drug-likeness (QED) is 0.866. The van der Waals surface area contributed by atoms with E-state index in [-0.39, 0.29) is 6.04 Å². The van der Waals surface area contributed by atoms with Crippen LogP contribution in [0, 0.1) is 0 Å². The molecule has 1 atom stereocenters. The number of nitrogens with zero attached hydrogens (tertiary/aromatic N) is 3. The highest BCUT2D eigenvalue weighted by Crippen LogP contribution is 2.22. The summed E-state index contributed by atoms with van der Waals surface area (Å²) in [4.78, 5) is 4.55. The molecule has 0 amide bonds. The summed E-state index contributed by atoms with van der Waals surface area (Å²) >= 11 is 0. The number of rotatable bonds is 6. The number of nitrogens with one attached hydrogen (secondary N) is 1. The van der Waals surface area contributed by atoms with E-state index in [2.05, 4.69) is 41.5 Å². The second kappa shape index (κ2) is 6.48. The lowest BCUT2D eigenvalue weighted by Crippen LogP contribution is -2.20. The number of hydrogen-bond donors (Lipinski definition) is 1. The van der Waals surface area contributed by atoms with Crippen molar-refractivity contribution in [3.8, 4) is 0 Å². The van der Waals surface area contributed by atoms with Crippen molar-refractivity contribution in [3.63, 3.8) is 0 Å². The summed E-state index contributed by atoms with van der Waals surface area (Å²) in [5.41, 5.74) is 3.55. The molecule has 2 heterocycles. The van der Waals surface area contributed by atoms with Gasteiger partial charge in [-0.05, 0) is 31.5 Å². The van der Waals surface area contributed by atoms with Crippen molar-refractivity contribution in [2.24, 2.45) is 0 Å². The molecule has 1 N–H and O–H groups in total. The molecule has 1 unspecified atom stereocenters. The molecule has 2 aromatic rings. The Morgan fingerprint density at radius 3 is 2.89 bits per heavy atom. The third kappa shape index (κ3) is 3.01. The smallest absolute Gasteiger partial charge is 0.0782 e. The van der Waals surface area contributed by atoms with Gasteiger partial charge in [-0.25, -0.2) is 0 Å². The predicted molar refractivity (Wildman–Crippen MR) is 77.0 cm³/mol. The maximum Gasteiger partial charge on any atom is 0.0782 e. The van der Waals surface area contributed by atoms with Crippen LogP contribution in [-0.2, 0) is 13.0 Å². The molecule has 0 aliphatic rings. The zero-order valence-electron chi connectivity index (χ0n) is 11.9. The Morgan fingerprint density at radius 1 is 1.37 bits per heavy atom. The van der Waals surface area contributed by atoms with Gasteiger partial charge >= 0.3 is 0 Å². The summed E-state index contributed by atoms with van der Waals surface area (Å²) in [6.45, 7) is 5.28. The summed E-state index contributed by atoms with van der Waals surface area (Å²) in [5, 5.41) is 7.75. The second-order valence-corrected chi connectivity index (χ2v) is 4.66. The SMILES string of the molecule is CCCn1cc(C(NC)c2ncccc2CC)cn1. The molecule has 2 aromatic heterocycles. The molecule has 0 spiro atoms. The van der Waals surface area contributed by atoms with Crippen molar-refractivity contribution in [2.45, 2.75) is 39.3 Å². The van der Waals surface area contributed by atoms with E-state index in [1.54, 1.807) is 0 Å². The van der Waals surface area contributed by atoms with Gasteiger partial charge in [0.2, 0.25) is 0 Å². The Labute approximate surface area is 114 Å². The van der Waals surface area contributed by atoms with Crippen LogP contribution < -0.4 is 5.32 Å². The van der Waals surface area contributed by atoms with Crippen LogP contribution in [0.5, 0.6) is 0 Å². The Kier molecular flexibility index (Phi) is 4.68. The van der Waals surface area contributed by atoms with Gasteiger partial charge in [0.1, 0.15) is 0 Å². The van der Waals surface area contributed by atoms with Crippen molar-refractivity contribution in [1.82, 2.24) is 20.1 Å². The Morgan fingerprint density at radius 2 is 2.21 bits per heavy atom. The van der Waals surface area contributed by atoms with Crippen molar-refractivity contribution in [3.05, 3.63) is 47.5 Å². The third-order valence-electron chi connectivity index (χ3n) is 3.31. The summed E-state index contributed by atoms with van der Waals surface area (Å²) in [7, 11) is 1.97. The minimum absolute atomic E-state index is 0.113. The van der Waals surface area contributed by atoms with Gasteiger partial charge in [0.05, 0.1) is 17.9 Å². The van der Waals surface area contributed by atoms with Crippen molar-refractivity contribution < 1.29 is 0 Å². The molecule has 19 heavy (non-hydrogen) atoms. The van der Waals surface area contributed by atoms with Gasteiger partial charge in [-0.3, -0.25) is 9.67 Å². The van der Waals surface area contributed by atoms with E-state index >= 15 is 0 Å². The number of aromatic nitrogens is 3. The number of aryl methyl sites for hydroxylation is 2. The predicted octanol–water partition coefficient (Wildman–Crippen LogP) is 2.56. The first-order valence-corrected chi connectivity index (χ1v) is 6.93. The summed E-state index contributed by atoms with van der Waals surface area (Å²) in [6.07, 6.45) is 7.98. The Hall–Kier alpha value is -1.68. The lowest BCUT2D eigenvalue weighted by atomic mass is 10.0. The van der Waals surface area contributed by atoms with E-state index in [0.29, 0.717) is 0 Å². The molecular formula is C15H22N4. The molecule has 0 saturated heterocycles. The molecule has 2 rings (SSSR count). The summed E-state index contributed by atoms with van der Waals surface area (Å²) in [5.74, 6) is 0. The van der Waals surface area contributed by atoms with Crippen LogP contribution in [0.1, 0.15) is 43.1 Å². The zero-order chi connectivity index (χ0) is 13.7. The first kappa shape index (κ1) is 13.7. The van der Waals surface area contributed by atoms with Gasteiger partial charge in [-0.2, -0.15) is 5.10 Å². The van der Waals surface area contributed by atoms with Gasteiger partial charge in [0.15, 0.2) is 0 Å². The minimum Gasteiger partial charge on any atom is -0.308 e. The zero-order valence-corrected chi connectivity index (χ0v) is 11.9. The minimum atomic E-state index is 0.113. The lowest BCUT2D eigenvalue weighted by Gasteiger charge is -2.17. The van der Waals surface area contributed by atoms with Gasteiger partial charge in [0, 0.05) is 24.5 Å². The first-order valence-electron chi connectivity index (χ1n) is 6.93. The molecule has 102 valence electrons. The largest absolute Gasteiger partial charge is 0.308 e. The lowest BCUT2D eigenvalue weighted by molar-refractivity contribution is 0.599. The van der Waals surface area contributed by atoms with Crippen LogP contribution in [0.25, 0.3) is 0 Å². The molecule has 0 saturated carbocycles. The molecule has 0 aliphatic carbocycles. The van der Waals surface area contributed by atoms with Crippen LogP contribution >= 0.6 is 0 Å². The normalized spacial score (nSPS) is 12.6. The second-order valence-electron chi connectivity index (χ2n) is 4.66. The van der Waals surface area contributed by atoms with E-state index in [1.807, 2.05) is 30.2 Å². The average molecular weight is 258 g/mol. The van der Waals surface area contributed by atoms with E-state index < -0.39 is 0 Å². The number of pyridine rings is 1. The van der Waals surface area contributed by atoms with Crippen LogP contribution in [0.15, 0.2) is 30.7 Å².